The van der Waals surface area contributed by atoms with E-state index in [4.69, 9.17) is 5.11 Å². The Morgan fingerprint density at radius 1 is 1.07 bits per heavy atom. The molecular weight excluding hydrogens is 521 g/mol. The number of nitrogens with one attached hydrogen (secondary N) is 1. The number of halogens is 1. The molecule has 1 atom stereocenters. The van der Waals surface area contributed by atoms with Crippen molar-refractivity contribution in [2.45, 2.75) is 63.3 Å². The lowest BCUT2D eigenvalue weighted by atomic mass is 9.81. The fraction of sp³-hybridized carbons (Fsp3) is 0.375. The van der Waals surface area contributed by atoms with E-state index in [9.17, 15) is 14.0 Å². The van der Waals surface area contributed by atoms with Gasteiger partial charge in [0.05, 0.1) is 17.4 Å². The van der Waals surface area contributed by atoms with Crippen LogP contribution >= 0.6 is 0 Å². The number of aromatic nitrogens is 3. The van der Waals surface area contributed by atoms with Crippen LogP contribution in [0.3, 0.4) is 0 Å². The topological polar surface area (TPSA) is 99.8 Å². The Bertz CT molecular complexity index is 1610. The second-order valence-corrected chi connectivity index (χ2v) is 11.7. The van der Waals surface area contributed by atoms with Gasteiger partial charge in [-0.2, -0.15) is 0 Å². The average molecular weight is 556 g/mol. The quantitative estimate of drug-likeness (QED) is 0.326. The van der Waals surface area contributed by atoms with Crippen molar-refractivity contribution >= 4 is 23.2 Å². The lowest BCUT2D eigenvalue weighted by Gasteiger charge is -2.29. The van der Waals surface area contributed by atoms with Gasteiger partial charge in [-0.05, 0) is 79.8 Å². The number of carbonyl (C=O) groups excluding carboxylic acids is 1. The first kappa shape index (κ1) is 26.9. The molecule has 9 heteroatoms. The van der Waals surface area contributed by atoms with Crippen LogP contribution in [0.4, 0.5) is 10.1 Å². The zero-order chi connectivity index (χ0) is 28.7. The van der Waals surface area contributed by atoms with Gasteiger partial charge in [0.1, 0.15) is 5.82 Å². The minimum atomic E-state index is -1.27. The van der Waals surface area contributed by atoms with E-state index in [1.165, 1.54) is 17.7 Å². The summed E-state index contributed by atoms with van der Waals surface area (Å²) in [6, 6.07) is 17.1. The highest BCUT2D eigenvalue weighted by Crippen LogP contribution is 2.37. The number of nitrogens with zero attached hydrogens (tertiary/aromatic N) is 4. The van der Waals surface area contributed by atoms with E-state index in [2.05, 4.69) is 57.6 Å². The van der Waals surface area contributed by atoms with Crippen molar-refractivity contribution in [3.05, 3.63) is 94.7 Å². The molecular formula is C32H34FN5O3. The van der Waals surface area contributed by atoms with Crippen LogP contribution in [-0.2, 0) is 5.41 Å². The molecule has 0 bridgehead atoms. The number of carboxylic acids is 1. The fourth-order valence-electron chi connectivity index (χ4n) is 6.44. The van der Waals surface area contributed by atoms with E-state index in [1.807, 2.05) is 19.2 Å². The molecule has 41 heavy (non-hydrogen) atoms. The molecule has 4 aromatic rings. The summed E-state index contributed by atoms with van der Waals surface area (Å²) in [7, 11) is 0. The number of anilines is 1. The minimum absolute atomic E-state index is 0.0228. The van der Waals surface area contributed by atoms with Crippen molar-refractivity contribution in [3.8, 4) is 0 Å². The van der Waals surface area contributed by atoms with Crippen molar-refractivity contribution in [2.24, 2.45) is 0 Å². The number of hydrogen-bond donors (Lipinski definition) is 2. The highest BCUT2D eigenvalue weighted by atomic mass is 19.1. The molecule has 1 amide bonds. The molecule has 0 radical (unpaired) electrons. The van der Waals surface area contributed by atoms with E-state index in [1.54, 1.807) is 10.6 Å². The van der Waals surface area contributed by atoms with E-state index >= 15 is 0 Å². The lowest BCUT2D eigenvalue weighted by molar-refractivity contribution is 0.0691. The number of hydrogen-bond acceptors (Lipinski definition) is 5. The first-order chi connectivity index (χ1) is 19.7. The van der Waals surface area contributed by atoms with Gasteiger partial charge in [0.25, 0.3) is 5.91 Å². The average Bonchev–Trinajstić information content (AvgIpc) is 3.59. The summed E-state index contributed by atoms with van der Waals surface area (Å²) in [4.78, 5) is 31.1. The molecule has 1 aliphatic carbocycles. The van der Waals surface area contributed by atoms with Gasteiger partial charge in [0, 0.05) is 24.5 Å². The Kier molecular flexibility index (Phi) is 6.97. The fourth-order valence-corrected chi connectivity index (χ4v) is 6.44. The molecule has 1 aliphatic heterocycles. The summed E-state index contributed by atoms with van der Waals surface area (Å²) >= 11 is 0. The Hall–Kier alpha value is -4.27. The largest absolute Gasteiger partial charge is 0.478 e. The van der Waals surface area contributed by atoms with E-state index in [0.717, 1.165) is 62.0 Å². The van der Waals surface area contributed by atoms with Gasteiger partial charge in [-0.1, -0.05) is 43.3 Å². The van der Waals surface area contributed by atoms with Crippen molar-refractivity contribution < 1.29 is 19.1 Å². The highest BCUT2D eigenvalue weighted by Gasteiger charge is 2.35. The zero-order valence-corrected chi connectivity index (χ0v) is 23.3. The van der Waals surface area contributed by atoms with E-state index in [0.29, 0.717) is 5.65 Å². The molecule has 2 fully saturated rings. The molecule has 6 rings (SSSR count). The van der Waals surface area contributed by atoms with Gasteiger partial charge in [0.2, 0.25) is 5.82 Å². The number of carbonyl (C=O) groups is 2. The zero-order valence-electron chi connectivity index (χ0n) is 23.3. The molecule has 2 aromatic carbocycles. The Labute approximate surface area is 238 Å². The maximum Gasteiger partial charge on any atom is 0.338 e. The van der Waals surface area contributed by atoms with Gasteiger partial charge in [0.15, 0.2) is 5.65 Å². The standard InChI is InChI=1S/C32H34FN5O3/c1-20-16-25(37-15-14-32(2,19-37)23-6-4-3-5-7-23)18-38-29(20)35-28(36-38)30(39)34-24-11-8-21(9-12-24)22-10-13-26(31(40)41)27(33)17-22/h3-7,10,13,16-18,21,24H,8-9,11-12,14-15,19H2,1-2H3,(H,34,39)(H,40,41)/t21?,24?,32-/m0/s1. The summed E-state index contributed by atoms with van der Waals surface area (Å²) in [5, 5.41) is 16.7. The Balaban J connectivity index is 1.10. The molecule has 0 unspecified atom stereocenters. The number of carboxylic acid groups (broad SMARTS) is 1. The molecule has 1 saturated heterocycles. The maximum absolute atomic E-state index is 14.2. The van der Waals surface area contributed by atoms with Crippen LogP contribution in [0, 0.1) is 12.7 Å². The Morgan fingerprint density at radius 3 is 2.54 bits per heavy atom. The third-order valence-electron chi connectivity index (χ3n) is 8.87. The van der Waals surface area contributed by atoms with Crippen LogP contribution in [0.5, 0.6) is 0 Å². The smallest absolute Gasteiger partial charge is 0.338 e. The minimum Gasteiger partial charge on any atom is -0.478 e. The molecule has 8 nitrogen and oxygen atoms in total. The van der Waals surface area contributed by atoms with Gasteiger partial charge in [-0.25, -0.2) is 18.7 Å². The van der Waals surface area contributed by atoms with Crippen molar-refractivity contribution in [1.82, 2.24) is 19.9 Å². The van der Waals surface area contributed by atoms with Crippen LogP contribution in [0.1, 0.15) is 82.6 Å². The molecule has 2 aliphatic rings. The van der Waals surface area contributed by atoms with Crippen LogP contribution in [0.15, 0.2) is 60.8 Å². The van der Waals surface area contributed by atoms with Gasteiger partial charge < -0.3 is 15.3 Å². The highest BCUT2D eigenvalue weighted by molar-refractivity contribution is 5.91. The van der Waals surface area contributed by atoms with Gasteiger partial charge in [-0.3, -0.25) is 4.79 Å². The maximum atomic E-state index is 14.2. The summed E-state index contributed by atoms with van der Waals surface area (Å²) in [6.45, 7) is 6.15. The molecule has 212 valence electrons. The van der Waals surface area contributed by atoms with Gasteiger partial charge in [-0.15, -0.1) is 5.10 Å². The van der Waals surface area contributed by atoms with Crippen LogP contribution in [0.25, 0.3) is 5.65 Å². The second-order valence-electron chi connectivity index (χ2n) is 11.7. The van der Waals surface area contributed by atoms with Crippen molar-refractivity contribution in [3.63, 3.8) is 0 Å². The van der Waals surface area contributed by atoms with Crippen LogP contribution in [-0.4, -0.2) is 50.7 Å². The van der Waals surface area contributed by atoms with Crippen molar-refractivity contribution in [2.75, 3.05) is 18.0 Å². The lowest BCUT2D eigenvalue weighted by Crippen LogP contribution is -2.37. The normalized spacial score (nSPS) is 22.7. The SMILES string of the molecule is Cc1cc(N2CC[C@](C)(c3ccccc3)C2)cn2nc(C(=O)NC3CCC(c4ccc(C(=O)O)c(F)c4)CC3)nc12. The van der Waals surface area contributed by atoms with Crippen LogP contribution < -0.4 is 10.2 Å². The first-order valence-corrected chi connectivity index (χ1v) is 14.2. The molecule has 3 heterocycles. The predicted molar refractivity (Wildman–Crippen MR) is 154 cm³/mol. The van der Waals surface area contributed by atoms with E-state index < -0.39 is 11.8 Å². The third kappa shape index (κ3) is 5.28. The summed E-state index contributed by atoms with van der Waals surface area (Å²) < 4.78 is 15.9. The number of amides is 1. The predicted octanol–water partition coefficient (Wildman–Crippen LogP) is 5.50. The van der Waals surface area contributed by atoms with Crippen molar-refractivity contribution in [1.29, 1.82) is 0 Å². The summed E-state index contributed by atoms with van der Waals surface area (Å²) in [5.41, 5.74) is 4.60. The number of fused-ring (bicyclic) bond motifs is 1. The monoisotopic (exact) mass is 555 g/mol. The third-order valence-corrected chi connectivity index (χ3v) is 8.87. The van der Waals surface area contributed by atoms with Gasteiger partial charge >= 0.3 is 5.97 Å². The number of benzene rings is 2. The Morgan fingerprint density at radius 2 is 1.83 bits per heavy atom. The summed E-state index contributed by atoms with van der Waals surface area (Å²) in [5.74, 6) is -2.00. The number of rotatable bonds is 6. The molecule has 0 spiro atoms. The van der Waals surface area contributed by atoms with E-state index in [-0.39, 0.29) is 34.7 Å². The molecule has 2 aromatic heterocycles. The second kappa shape index (κ2) is 10.6. The molecule has 2 N–H and O–H groups in total. The number of aryl methyl sites for hydroxylation is 1. The van der Waals surface area contributed by atoms with Crippen LogP contribution in [0.2, 0.25) is 0 Å². The number of aromatic carboxylic acids is 1. The summed E-state index contributed by atoms with van der Waals surface area (Å²) in [6.07, 6.45) is 6.05. The number of pyridine rings is 1. The first-order valence-electron chi connectivity index (χ1n) is 14.2. The molecule has 1 saturated carbocycles.